The molecule has 0 unspecified atom stereocenters. The first-order chi connectivity index (χ1) is 18.5. The molecule has 8 nitrogen and oxygen atoms in total. The van der Waals surface area contributed by atoms with Crippen molar-refractivity contribution in [2.75, 3.05) is 48.8 Å². The van der Waals surface area contributed by atoms with E-state index >= 15 is 0 Å². The Bertz CT molecular complexity index is 1430. The maximum Gasteiger partial charge on any atom is 0.387 e. The number of hydrogen-bond acceptors (Lipinski definition) is 6. The summed E-state index contributed by atoms with van der Waals surface area (Å²) in [5.74, 6) is -1.58. The Hall–Kier alpha value is -4.06. The summed E-state index contributed by atoms with van der Waals surface area (Å²) >= 11 is 0. The summed E-state index contributed by atoms with van der Waals surface area (Å²) in [6.07, 6.45) is 1.01. The molecule has 1 saturated heterocycles. The van der Waals surface area contributed by atoms with Gasteiger partial charge >= 0.3 is 6.61 Å². The van der Waals surface area contributed by atoms with Crippen molar-refractivity contribution in [1.82, 2.24) is 4.90 Å². The zero-order valence-electron chi connectivity index (χ0n) is 21.0. The summed E-state index contributed by atoms with van der Waals surface area (Å²) in [6, 6.07) is 17.4. The quantitative estimate of drug-likeness (QED) is 0.416. The predicted octanol–water partition coefficient (Wildman–Crippen LogP) is 3.83. The minimum absolute atomic E-state index is 0.0954. The fourth-order valence-corrected chi connectivity index (χ4v) is 5.20. The SMILES string of the molecule is CS(=O)(=O)c1cc(F)ccc1N1CCN(C(=O)CN(C(=O)c2ccc(OC(F)F)cc2)c2ccccc2)CC1. The lowest BCUT2D eigenvalue weighted by molar-refractivity contribution is -0.129. The van der Waals surface area contributed by atoms with Crippen molar-refractivity contribution in [3.05, 3.63) is 84.2 Å². The fraction of sp³-hybridized carbons (Fsp3) is 0.259. The van der Waals surface area contributed by atoms with Crippen LogP contribution < -0.4 is 14.5 Å². The molecule has 2 amide bonds. The maximum atomic E-state index is 13.7. The Kier molecular flexibility index (Phi) is 8.44. The van der Waals surface area contributed by atoms with Crippen LogP contribution in [0.15, 0.2) is 77.7 Å². The maximum absolute atomic E-state index is 13.7. The lowest BCUT2D eigenvalue weighted by Gasteiger charge is -2.37. The molecule has 1 fully saturated rings. The monoisotopic (exact) mass is 561 g/mol. The number of sulfone groups is 1. The summed E-state index contributed by atoms with van der Waals surface area (Å²) in [4.78, 5) is 31.2. The van der Waals surface area contributed by atoms with Crippen LogP contribution >= 0.6 is 0 Å². The Morgan fingerprint density at radius 2 is 1.59 bits per heavy atom. The molecule has 3 aromatic rings. The van der Waals surface area contributed by atoms with E-state index in [0.717, 1.165) is 12.3 Å². The Morgan fingerprint density at radius 3 is 2.18 bits per heavy atom. The van der Waals surface area contributed by atoms with E-state index in [1.54, 1.807) is 40.1 Å². The molecule has 0 spiro atoms. The Morgan fingerprint density at radius 1 is 0.949 bits per heavy atom. The average molecular weight is 562 g/mol. The van der Waals surface area contributed by atoms with Crippen LogP contribution in [0.25, 0.3) is 0 Å². The van der Waals surface area contributed by atoms with Gasteiger partial charge in [-0.2, -0.15) is 8.78 Å². The number of carbonyl (C=O) groups excluding carboxylic acids is 2. The van der Waals surface area contributed by atoms with Gasteiger partial charge in [-0.25, -0.2) is 12.8 Å². The van der Waals surface area contributed by atoms with Crippen LogP contribution in [-0.2, 0) is 14.6 Å². The molecule has 0 aromatic heterocycles. The number of anilines is 2. The molecule has 4 rings (SSSR count). The number of rotatable bonds is 8. The van der Waals surface area contributed by atoms with Gasteiger partial charge in [-0.15, -0.1) is 0 Å². The van der Waals surface area contributed by atoms with Crippen molar-refractivity contribution in [3.63, 3.8) is 0 Å². The van der Waals surface area contributed by atoms with E-state index in [0.29, 0.717) is 24.5 Å². The number of halogens is 3. The molecule has 12 heteroatoms. The van der Waals surface area contributed by atoms with Crippen molar-refractivity contribution in [1.29, 1.82) is 0 Å². The van der Waals surface area contributed by atoms with Crippen LogP contribution in [0.4, 0.5) is 24.5 Å². The van der Waals surface area contributed by atoms with E-state index in [9.17, 15) is 31.2 Å². The molecule has 39 heavy (non-hydrogen) atoms. The minimum Gasteiger partial charge on any atom is -0.435 e. The minimum atomic E-state index is -3.68. The molecule has 1 aliphatic heterocycles. The second-order valence-corrected chi connectivity index (χ2v) is 10.9. The third-order valence-corrected chi connectivity index (χ3v) is 7.35. The first-order valence-corrected chi connectivity index (χ1v) is 13.9. The topological polar surface area (TPSA) is 87.2 Å². The van der Waals surface area contributed by atoms with Crippen LogP contribution in [0.2, 0.25) is 0 Å². The molecule has 3 aromatic carbocycles. The number of hydrogen-bond donors (Lipinski definition) is 0. The molecule has 0 aliphatic carbocycles. The normalized spacial score (nSPS) is 13.9. The third-order valence-electron chi connectivity index (χ3n) is 6.23. The Labute approximate surface area is 224 Å². The van der Waals surface area contributed by atoms with Gasteiger partial charge in [-0.1, -0.05) is 18.2 Å². The van der Waals surface area contributed by atoms with Crippen molar-refractivity contribution in [2.45, 2.75) is 11.5 Å². The lowest BCUT2D eigenvalue weighted by atomic mass is 10.1. The zero-order valence-corrected chi connectivity index (χ0v) is 21.8. The fourth-order valence-electron chi connectivity index (χ4n) is 4.30. The molecule has 1 heterocycles. The smallest absolute Gasteiger partial charge is 0.387 e. The van der Waals surface area contributed by atoms with E-state index in [1.165, 1.54) is 41.3 Å². The number of para-hydroxylation sites is 1. The third kappa shape index (κ3) is 6.88. The van der Waals surface area contributed by atoms with Crippen molar-refractivity contribution < 1.29 is 35.9 Å². The van der Waals surface area contributed by atoms with Crippen molar-refractivity contribution in [3.8, 4) is 5.75 Å². The number of benzene rings is 3. The van der Waals surface area contributed by atoms with E-state index < -0.39 is 28.2 Å². The molecular weight excluding hydrogens is 535 g/mol. The van der Waals surface area contributed by atoms with Crippen molar-refractivity contribution >= 4 is 33.0 Å². The van der Waals surface area contributed by atoms with Gasteiger partial charge in [-0.3, -0.25) is 14.5 Å². The summed E-state index contributed by atoms with van der Waals surface area (Å²) in [5.41, 5.74) is 1.03. The molecule has 0 radical (unpaired) electrons. The molecular formula is C27H26F3N3O5S. The summed E-state index contributed by atoms with van der Waals surface area (Å²) < 4.78 is 67.4. The highest BCUT2D eigenvalue weighted by Crippen LogP contribution is 2.27. The van der Waals surface area contributed by atoms with Gasteiger partial charge in [0.15, 0.2) is 9.84 Å². The predicted molar refractivity (Wildman–Crippen MR) is 139 cm³/mol. The number of amides is 2. The number of ether oxygens (including phenoxy) is 1. The second-order valence-electron chi connectivity index (χ2n) is 8.88. The van der Waals surface area contributed by atoms with E-state index in [1.807, 2.05) is 0 Å². The summed E-state index contributed by atoms with van der Waals surface area (Å²) in [5, 5.41) is 0. The summed E-state index contributed by atoms with van der Waals surface area (Å²) in [6.45, 7) is -2.13. The Balaban J connectivity index is 1.48. The van der Waals surface area contributed by atoms with Gasteiger partial charge in [0.05, 0.1) is 10.6 Å². The van der Waals surface area contributed by atoms with Gasteiger partial charge < -0.3 is 14.5 Å². The summed E-state index contributed by atoms with van der Waals surface area (Å²) in [7, 11) is -3.68. The lowest BCUT2D eigenvalue weighted by Crippen LogP contribution is -2.52. The molecule has 1 aliphatic rings. The highest BCUT2D eigenvalue weighted by atomic mass is 32.2. The van der Waals surface area contributed by atoms with Gasteiger partial charge in [0, 0.05) is 43.7 Å². The first kappa shape index (κ1) is 28.0. The standard InChI is InChI=1S/C27H26F3N3O5S/c1-39(36,37)24-17-20(28)9-12-23(24)31-13-15-32(16-14-31)25(34)18-33(21-5-3-2-4-6-21)26(35)19-7-10-22(11-8-19)38-27(29)30/h2-12,17,27H,13-16,18H2,1H3. The molecule has 0 bridgehead atoms. The van der Waals surface area contributed by atoms with Crippen LogP contribution in [0, 0.1) is 5.82 Å². The molecule has 206 valence electrons. The van der Waals surface area contributed by atoms with Crippen LogP contribution in [0.1, 0.15) is 10.4 Å². The van der Waals surface area contributed by atoms with Gasteiger partial charge in [0.25, 0.3) is 5.91 Å². The van der Waals surface area contributed by atoms with Gasteiger partial charge in [-0.05, 0) is 54.6 Å². The molecule has 0 saturated carbocycles. The van der Waals surface area contributed by atoms with Gasteiger partial charge in [0.1, 0.15) is 18.1 Å². The highest BCUT2D eigenvalue weighted by molar-refractivity contribution is 7.90. The zero-order chi connectivity index (χ0) is 28.2. The number of piperazine rings is 1. The molecule has 0 N–H and O–H groups in total. The van der Waals surface area contributed by atoms with Crippen LogP contribution in [0.5, 0.6) is 5.75 Å². The first-order valence-electron chi connectivity index (χ1n) is 12.0. The van der Waals surface area contributed by atoms with E-state index in [-0.39, 0.29) is 41.7 Å². The average Bonchev–Trinajstić information content (AvgIpc) is 2.91. The van der Waals surface area contributed by atoms with E-state index in [4.69, 9.17) is 0 Å². The van der Waals surface area contributed by atoms with Crippen LogP contribution in [-0.4, -0.2) is 70.7 Å². The number of alkyl halides is 2. The number of carbonyl (C=O) groups is 2. The number of nitrogens with zero attached hydrogens (tertiary/aromatic N) is 3. The highest BCUT2D eigenvalue weighted by Gasteiger charge is 2.28. The second kappa shape index (κ2) is 11.8. The largest absolute Gasteiger partial charge is 0.435 e. The van der Waals surface area contributed by atoms with E-state index in [2.05, 4.69) is 4.74 Å². The van der Waals surface area contributed by atoms with Gasteiger partial charge in [0.2, 0.25) is 5.91 Å². The molecule has 0 atom stereocenters. The van der Waals surface area contributed by atoms with Crippen molar-refractivity contribution in [2.24, 2.45) is 0 Å². The van der Waals surface area contributed by atoms with Crippen LogP contribution in [0.3, 0.4) is 0 Å².